The van der Waals surface area contributed by atoms with E-state index in [-0.39, 0.29) is 39.2 Å². The van der Waals surface area contributed by atoms with Crippen LogP contribution in [0.1, 0.15) is 11.1 Å². The molecule has 0 aliphatic heterocycles. The number of carbonyl (C=O) groups excluding carboxylic acids is 2. The molecule has 218 valence electrons. The second-order valence-electron chi connectivity index (χ2n) is 9.33. The highest BCUT2D eigenvalue weighted by molar-refractivity contribution is 7.92. The maximum atomic E-state index is 14.8. The molecule has 0 saturated carbocycles. The fourth-order valence-corrected chi connectivity index (χ4v) is 6.34. The predicted octanol–water partition coefficient (Wildman–Crippen LogP) is 5.71. The highest BCUT2D eigenvalue weighted by Crippen LogP contribution is 2.35. The Bertz CT molecular complexity index is 1660. The van der Waals surface area contributed by atoms with Gasteiger partial charge in [-0.1, -0.05) is 96.0 Å². The first-order valence-electron chi connectivity index (χ1n) is 12.9. The van der Waals surface area contributed by atoms with Crippen LogP contribution in [-0.4, -0.2) is 44.8 Å². The molecule has 0 radical (unpaired) electrons. The zero-order valence-corrected chi connectivity index (χ0v) is 24.9. The zero-order chi connectivity index (χ0) is 30.3. The molecular weight excluding hydrogens is 600 g/mol. The Balaban J connectivity index is 1.82. The van der Waals surface area contributed by atoms with E-state index in [4.69, 9.17) is 23.2 Å². The molecule has 7 nitrogen and oxygen atoms in total. The molecule has 0 aromatic heterocycles. The van der Waals surface area contributed by atoms with Gasteiger partial charge in [-0.05, 0) is 35.9 Å². The molecule has 0 spiro atoms. The van der Waals surface area contributed by atoms with Crippen LogP contribution in [-0.2, 0) is 32.6 Å². The minimum Gasteiger partial charge on any atom is -0.357 e. The molecule has 1 N–H and O–H groups in total. The summed E-state index contributed by atoms with van der Waals surface area (Å²) in [5.74, 6) is -1.82. The summed E-state index contributed by atoms with van der Waals surface area (Å²) in [6, 6.07) is 25.8. The number of nitrogens with zero attached hydrogens (tertiary/aromatic N) is 2. The van der Waals surface area contributed by atoms with Crippen molar-refractivity contribution in [2.75, 3.05) is 17.9 Å². The Hall–Kier alpha value is -3.92. The first kappa shape index (κ1) is 31.0. The van der Waals surface area contributed by atoms with E-state index in [9.17, 15) is 22.4 Å². The van der Waals surface area contributed by atoms with Crippen LogP contribution in [0.15, 0.2) is 108 Å². The number of nitrogens with one attached hydrogen (secondary N) is 1. The van der Waals surface area contributed by atoms with Crippen LogP contribution in [0, 0.1) is 5.82 Å². The summed E-state index contributed by atoms with van der Waals surface area (Å²) >= 11 is 12.7. The first-order chi connectivity index (χ1) is 20.1. The average molecular weight is 629 g/mol. The van der Waals surface area contributed by atoms with E-state index in [1.165, 1.54) is 60.5 Å². The minimum atomic E-state index is -4.35. The lowest BCUT2D eigenvalue weighted by atomic mass is 10.0. The summed E-state index contributed by atoms with van der Waals surface area (Å²) in [6.07, 6.45) is 0.101. The number of hydrogen-bond donors (Lipinski definition) is 1. The van der Waals surface area contributed by atoms with Gasteiger partial charge in [0.25, 0.3) is 10.0 Å². The van der Waals surface area contributed by atoms with Crippen LogP contribution in [0.2, 0.25) is 10.0 Å². The van der Waals surface area contributed by atoms with Gasteiger partial charge in [0, 0.05) is 25.6 Å². The third-order valence-corrected chi connectivity index (χ3v) is 9.21. The van der Waals surface area contributed by atoms with Gasteiger partial charge < -0.3 is 10.2 Å². The molecule has 1 atom stereocenters. The molecule has 0 unspecified atom stereocenters. The molecule has 4 aromatic carbocycles. The molecule has 2 amide bonds. The molecule has 0 bridgehead atoms. The van der Waals surface area contributed by atoms with Crippen molar-refractivity contribution >= 4 is 50.7 Å². The van der Waals surface area contributed by atoms with Crippen molar-refractivity contribution in [2.24, 2.45) is 0 Å². The van der Waals surface area contributed by atoms with Crippen molar-refractivity contribution in [2.45, 2.75) is 23.9 Å². The van der Waals surface area contributed by atoms with E-state index in [0.717, 1.165) is 9.87 Å². The third-order valence-electron chi connectivity index (χ3n) is 6.63. The zero-order valence-electron chi connectivity index (χ0n) is 22.6. The van der Waals surface area contributed by atoms with Gasteiger partial charge in [0.15, 0.2) is 0 Å². The standard InChI is InChI=1S/C31H28Cl2FN3O4S/c1-35-31(39)28(19-22-11-4-2-5-12-22)36(20-23-13-8-9-17-26(23)34)29(38)21-37(27-18-10-16-25(32)30(27)33)42(40,41)24-14-6-3-7-15-24/h2-18,28H,19-21H2,1H3,(H,35,39)/t28-/m1/s1. The molecule has 4 aromatic rings. The van der Waals surface area contributed by atoms with Crippen LogP contribution in [0.3, 0.4) is 0 Å². The number of carbonyl (C=O) groups is 2. The summed E-state index contributed by atoms with van der Waals surface area (Å²) < 4.78 is 43.6. The Labute approximate surface area is 254 Å². The average Bonchev–Trinajstić information content (AvgIpc) is 3.00. The summed E-state index contributed by atoms with van der Waals surface area (Å²) in [6.45, 7) is -1.03. The first-order valence-corrected chi connectivity index (χ1v) is 15.1. The van der Waals surface area contributed by atoms with E-state index in [1.807, 2.05) is 6.07 Å². The van der Waals surface area contributed by atoms with Gasteiger partial charge in [-0.2, -0.15) is 0 Å². The topological polar surface area (TPSA) is 86.8 Å². The maximum absolute atomic E-state index is 14.8. The number of rotatable bonds is 11. The molecule has 0 fully saturated rings. The fourth-order valence-electron chi connectivity index (χ4n) is 4.45. The quantitative estimate of drug-likeness (QED) is 0.231. The third kappa shape index (κ3) is 7.10. The van der Waals surface area contributed by atoms with Crippen molar-refractivity contribution in [3.63, 3.8) is 0 Å². The molecular formula is C31H28Cl2FN3O4S. The van der Waals surface area contributed by atoms with Crippen LogP contribution >= 0.6 is 23.2 Å². The van der Waals surface area contributed by atoms with Crippen molar-refractivity contribution < 1.29 is 22.4 Å². The number of sulfonamides is 1. The van der Waals surface area contributed by atoms with Gasteiger partial charge in [-0.3, -0.25) is 13.9 Å². The lowest BCUT2D eigenvalue weighted by molar-refractivity contribution is -0.139. The number of anilines is 1. The predicted molar refractivity (Wildman–Crippen MR) is 162 cm³/mol. The molecule has 0 heterocycles. The van der Waals surface area contributed by atoms with Gasteiger partial charge in [0.2, 0.25) is 11.8 Å². The molecule has 0 aliphatic carbocycles. The van der Waals surface area contributed by atoms with E-state index in [1.54, 1.807) is 48.5 Å². The van der Waals surface area contributed by atoms with Crippen LogP contribution in [0.5, 0.6) is 0 Å². The smallest absolute Gasteiger partial charge is 0.264 e. The maximum Gasteiger partial charge on any atom is 0.264 e. The lowest BCUT2D eigenvalue weighted by Gasteiger charge is -2.34. The Morgan fingerprint density at radius 3 is 2.12 bits per heavy atom. The SMILES string of the molecule is CNC(=O)[C@@H](Cc1ccccc1)N(Cc1ccccc1F)C(=O)CN(c1cccc(Cl)c1Cl)S(=O)(=O)c1ccccc1. The Kier molecular flexibility index (Phi) is 10.2. The lowest BCUT2D eigenvalue weighted by Crippen LogP contribution is -2.53. The summed E-state index contributed by atoms with van der Waals surface area (Å²) in [5.41, 5.74) is 0.891. The van der Waals surface area contributed by atoms with Gasteiger partial charge in [0.05, 0.1) is 20.6 Å². The fraction of sp³-hybridized carbons (Fsp3) is 0.161. The number of halogens is 3. The van der Waals surface area contributed by atoms with E-state index < -0.39 is 40.2 Å². The number of likely N-dealkylation sites (N-methyl/N-ethyl adjacent to an activating group) is 1. The largest absolute Gasteiger partial charge is 0.357 e. The van der Waals surface area contributed by atoms with E-state index in [2.05, 4.69) is 5.32 Å². The van der Waals surface area contributed by atoms with Crippen molar-refractivity contribution in [1.29, 1.82) is 0 Å². The Morgan fingerprint density at radius 1 is 0.857 bits per heavy atom. The second-order valence-corrected chi connectivity index (χ2v) is 12.0. The molecule has 0 saturated heterocycles. The van der Waals surface area contributed by atoms with Gasteiger partial charge in [-0.15, -0.1) is 0 Å². The van der Waals surface area contributed by atoms with Crippen LogP contribution < -0.4 is 9.62 Å². The van der Waals surface area contributed by atoms with Crippen molar-refractivity contribution in [3.05, 3.63) is 130 Å². The number of benzene rings is 4. The van der Waals surface area contributed by atoms with Crippen molar-refractivity contribution in [1.82, 2.24) is 10.2 Å². The van der Waals surface area contributed by atoms with Crippen LogP contribution in [0.25, 0.3) is 0 Å². The van der Waals surface area contributed by atoms with Crippen LogP contribution in [0.4, 0.5) is 10.1 Å². The van der Waals surface area contributed by atoms with E-state index >= 15 is 0 Å². The minimum absolute atomic E-state index is 0.0215. The molecule has 4 rings (SSSR count). The van der Waals surface area contributed by atoms with Gasteiger partial charge in [0.1, 0.15) is 18.4 Å². The molecule has 11 heteroatoms. The second kappa shape index (κ2) is 13.8. The highest BCUT2D eigenvalue weighted by Gasteiger charge is 2.35. The number of amides is 2. The monoisotopic (exact) mass is 627 g/mol. The van der Waals surface area contributed by atoms with E-state index in [0.29, 0.717) is 0 Å². The Morgan fingerprint density at radius 2 is 1.48 bits per heavy atom. The summed E-state index contributed by atoms with van der Waals surface area (Å²) in [4.78, 5) is 28.6. The summed E-state index contributed by atoms with van der Waals surface area (Å²) in [5, 5.41) is 2.60. The van der Waals surface area contributed by atoms with Gasteiger partial charge in [-0.25, -0.2) is 12.8 Å². The normalized spacial score (nSPS) is 11.9. The highest BCUT2D eigenvalue weighted by atomic mass is 35.5. The number of hydrogen-bond acceptors (Lipinski definition) is 4. The van der Waals surface area contributed by atoms with Crippen molar-refractivity contribution in [3.8, 4) is 0 Å². The molecule has 42 heavy (non-hydrogen) atoms. The molecule has 0 aliphatic rings. The van der Waals surface area contributed by atoms with Gasteiger partial charge >= 0.3 is 0 Å². The summed E-state index contributed by atoms with van der Waals surface area (Å²) in [7, 11) is -2.91.